The number of nitro groups is 1. The summed E-state index contributed by atoms with van der Waals surface area (Å²) in [5, 5.41) is 11.6. The Morgan fingerprint density at radius 3 is 2.09 bits per heavy atom. The van der Waals surface area contributed by atoms with Gasteiger partial charge < -0.3 is 14.0 Å². The van der Waals surface area contributed by atoms with Crippen LogP contribution < -0.4 is 10.2 Å². The van der Waals surface area contributed by atoms with Gasteiger partial charge in [-0.3, -0.25) is 10.1 Å². The predicted octanol–water partition coefficient (Wildman–Crippen LogP) is 3.07. The van der Waals surface area contributed by atoms with Crippen LogP contribution in [0.25, 0.3) is 0 Å². The van der Waals surface area contributed by atoms with Crippen LogP contribution in [0.4, 0.5) is 5.69 Å². The zero-order valence-electron chi connectivity index (χ0n) is 14.8. The maximum atomic E-state index is 11.6. The average molecular weight is 321 g/mol. The molecule has 0 atom stereocenters. The minimum absolute atomic E-state index is 0.110. The van der Waals surface area contributed by atoms with E-state index < -0.39 is 28.8 Å². The summed E-state index contributed by atoms with van der Waals surface area (Å²) in [4.78, 5) is 11.2. The summed E-state index contributed by atoms with van der Waals surface area (Å²) in [7, 11) is -0.802. The second-order valence-corrected chi connectivity index (χ2v) is 7.75. The van der Waals surface area contributed by atoms with Crippen molar-refractivity contribution >= 4 is 18.3 Å². The number of hydrogen-bond donors (Lipinski definition) is 0. The lowest BCUT2D eigenvalue weighted by atomic mass is 9.77. The topological polar surface area (TPSA) is 70.8 Å². The van der Waals surface area contributed by atoms with Gasteiger partial charge in [-0.2, -0.15) is 0 Å². The summed E-state index contributed by atoms with van der Waals surface area (Å²) in [5.41, 5.74) is -1.41. The molecular formula is C16H24BNO5. The summed E-state index contributed by atoms with van der Waals surface area (Å²) < 4.78 is 17.6. The number of hydrogen-bond acceptors (Lipinski definition) is 5. The molecule has 0 aromatic heterocycles. The van der Waals surface area contributed by atoms with E-state index in [-0.39, 0.29) is 11.4 Å². The largest absolute Gasteiger partial charge is 0.502 e. The quantitative estimate of drug-likeness (QED) is 0.486. The average Bonchev–Trinajstić information content (AvgIpc) is 2.55. The highest BCUT2D eigenvalue weighted by molar-refractivity contribution is 6.63. The van der Waals surface area contributed by atoms with E-state index in [0.29, 0.717) is 5.46 Å². The highest BCUT2D eigenvalue weighted by atomic mass is 16.7. The fourth-order valence-electron chi connectivity index (χ4n) is 2.31. The lowest BCUT2D eigenvalue weighted by Gasteiger charge is -2.32. The Morgan fingerprint density at radius 2 is 1.65 bits per heavy atom. The van der Waals surface area contributed by atoms with Gasteiger partial charge in [0, 0.05) is 0 Å². The Hall–Kier alpha value is -1.60. The summed E-state index contributed by atoms with van der Waals surface area (Å²) in [6, 6.07) is 4.96. The van der Waals surface area contributed by atoms with Crippen LogP contribution in [0.5, 0.6) is 5.75 Å². The van der Waals surface area contributed by atoms with Crippen LogP contribution in [0.15, 0.2) is 18.2 Å². The number of nitrogens with zero attached hydrogens (tertiary/aromatic N) is 1. The molecule has 126 valence electrons. The van der Waals surface area contributed by atoms with Crippen molar-refractivity contribution < 1.29 is 19.0 Å². The molecule has 1 aromatic carbocycles. The molecule has 2 rings (SSSR count). The highest BCUT2D eigenvalue weighted by Crippen LogP contribution is 2.38. The third-order valence-corrected chi connectivity index (χ3v) is 4.14. The van der Waals surface area contributed by atoms with Crippen molar-refractivity contribution in [2.75, 3.05) is 0 Å². The Morgan fingerprint density at radius 1 is 1.13 bits per heavy atom. The summed E-state index contributed by atoms with van der Waals surface area (Å²) in [6.07, 6.45) is 0. The summed E-state index contributed by atoms with van der Waals surface area (Å²) in [6.45, 7) is 13.2. The van der Waals surface area contributed by atoms with E-state index >= 15 is 0 Å². The molecule has 1 aromatic rings. The Bertz CT molecular complexity index is 605. The van der Waals surface area contributed by atoms with Crippen molar-refractivity contribution in [2.45, 2.75) is 65.3 Å². The SMILES string of the molecule is CC(C)(C)Oc1cccc(B2OC(C)(C)C(C)(C)O2)c1[N+](=O)[O-]. The lowest BCUT2D eigenvalue weighted by molar-refractivity contribution is -0.385. The molecule has 0 N–H and O–H groups in total. The number of benzene rings is 1. The van der Waals surface area contributed by atoms with Crippen molar-refractivity contribution in [3.63, 3.8) is 0 Å². The molecule has 1 fully saturated rings. The van der Waals surface area contributed by atoms with Crippen LogP contribution in [0.2, 0.25) is 0 Å². The standard InChI is InChI=1S/C16H24BNO5/c1-14(2,3)21-12-10-8-9-11(13(12)18(19)20)17-22-15(4,5)16(6,7)23-17/h8-10H,1-7H3. The van der Waals surface area contributed by atoms with Crippen molar-refractivity contribution in [3.05, 3.63) is 28.3 Å². The molecule has 0 spiro atoms. The van der Waals surface area contributed by atoms with Gasteiger partial charge in [0.2, 0.25) is 0 Å². The molecule has 7 heteroatoms. The van der Waals surface area contributed by atoms with Gasteiger partial charge in [0.25, 0.3) is 0 Å². The van der Waals surface area contributed by atoms with E-state index in [1.807, 2.05) is 48.5 Å². The van der Waals surface area contributed by atoms with Gasteiger partial charge in [0.05, 0.1) is 21.6 Å². The maximum absolute atomic E-state index is 11.6. The van der Waals surface area contributed by atoms with Gasteiger partial charge in [-0.25, -0.2) is 0 Å². The molecule has 0 aliphatic carbocycles. The minimum atomic E-state index is -0.802. The summed E-state index contributed by atoms with van der Waals surface area (Å²) >= 11 is 0. The molecule has 1 aliphatic rings. The Balaban J connectivity index is 2.48. The van der Waals surface area contributed by atoms with E-state index in [1.54, 1.807) is 18.2 Å². The second-order valence-electron chi connectivity index (χ2n) is 7.75. The van der Waals surface area contributed by atoms with Gasteiger partial charge in [-0.1, -0.05) is 12.1 Å². The van der Waals surface area contributed by atoms with Gasteiger partial charge in [-0.15, -0.1) is 0 Å². The molecule has 1 saturated heterocycles. The second kappa shape index (κ2) is 5.49. The maximum Gasteiger partial charge on any atom is 0.502 e. The number of nitro benzene ring substituents is 1. The van der Waals surface area contributed by atoms with Gasteiger partial charge in [0.15, 0.2) is 5.75 Å². The Kier molecular flexibility index (Phi) is 4.24. The first-order valence-electron chi connectivity index (χ1n) is 7.66. The van der Waals surface area contributed by atoms with Crippen LogP contribution in [0, 0.1) is 10.1 Å². The third-order valence-electron chi connectivity index (χ3n) is 4.14. The molecule has 0 amide bonds. The molecule has 1 aliphatic heterocycles. The van der Waals surface area contributed by atoms with E-state index in [4.69, 9.17) is 14.0 Å². The molecule has 23 heavy (non-hydrogen) atoms. The van der Waals surface area contributed by atoms with Gasteiger partial charge in [0.1, 0.15) is 5.60 Å². The van der Waals surface area contributed by atoms with Crippen LogP contribution in [-0.4, -0.2) is 28.8 Å². The van der Waals surface area contributed by atoms with E-state index in [1.165, 1.54) is 0 Å². The third kappa shape index (κ3) is 3.51. The molecule has 0 bridgehead atoms. The number of rotatable bonds is 3. The predicted molar refractivity (Wildman–Crippen MR) is 89.2 cm³/mol. The zero-order chi connectivity index (χ0) is 17.6. The van der Waals surface area contributed by atoms with Crippen molar-refractivity contribution in [1.82, 2.24) is 0 Å². The van der Waals surface area contributed by atoms with E-state index in [0.717, 1.165) is 0 Å². The molecule has 0 saturated carbocycles. The molecule has 6 nitrogen and oxygen atoms in total. The fourth-order valence-corrected chi connectivity index (χ4v) is 2.31. The molecule has 1 heterocycles. The zero-order valence-corrected chi connectivity index (χ0v) is 14.8. The first-order chi connectivity index (χ1) is 10.3. The number of ether oxygens (including phenoxy) is 1. The first kappa shape index (κ1) is 17.8. The monoisotopic (exact) mass is 321 g/mol. The van der Waals surface area contributed by atoms with Crippen LogP contribution in [-0.2, 0) is 9.31 Å². The van der Waals surface area contributed by atoms with Crippen molar-refractivity contribution in [1.29, 1.82) is 0 Å². The summed E-state index contributed by atoms with van der Waals surface area (Å²) in [5.74, 6) is 0.217. The van der Waals surface area contributed by atoms with Crippen LogP contribution in [0.1, 0.15) is 48.5 Å². The fraction of sp³-hybridized carbons (Fsp3) is 0.625. The van der Waals surface area contributed by atoms with Gasteiger partial charge >= 0.3 is 12.8 Å². The first-order valence-corrected chi connectivity index (χ1v) is 7.66. The Labute approximate surface area is 137 Å². The lowest BCUT2D eigenvalue weighted by Crippen LogP contribution is -2.41. The molecule has 0 unspecified atom stereocenters. The van der Waals surface area contributed by atoms with E-state index in [9.17, 15) is 10.1 Å². The van der Waals surface area contributed by atoms with Crippen LogP contribution >= 0.6 is 0 Å². The number of para-hydroxylation sites is 1. The molecular weight excluding hydrogens is 297 g/mol. The smallest absolute Gasteiger partial charge is 0.481 e. The molecule has 0 radical (unpaired) electrons. The van der Waals surface area contributed by atoms with Crippen LogP contribution in [0.3, 0.4) is 0 Å². The minimum Gasteiger partial charge on any atom is -0.481 e. The normalized spacial score (nSPS) is 19.7. The highest BCUT2D eigenvalue weighted by Gasteiger charge is 2.53. The van der Waals surface area contributed by atoms with Gasteiger partial charge in [-0.05, 0) is 54.5 Å². The van der Waals surface area contributed by atoms with E-state index in [2.05, 4.69) is 0 Å². The van der Waals surface area contributed by atoms with Crippen molar-refractivity contribution in [3.8, 4) is 5.75 Å². The van der Waals surface area contributed by atoms with Crippen molar-refractivity contribution in [2.24, 2.45) is 0 Å².